The number of aliphatic hydroxyl groups excluding tert-OH is 1. The second-order valence-electron chi connectivity index (χ2n) is 6.98. The van der Waals surface area contributed by atoms with Crippen LogP contribution in [0.5, 0.6) is 5.75 Å². The minimum atomic E-state index is -1.23. The van der Waals surface area contributed by atoms with Crippen LogP contribution in [-0.4, -0.2) is 48.5 Å². The van der Waals surface area contributed by atoms with Gasteiger partial charge in [0.1, 0.15) is 11.8 Å². The molecule has 2 unspecified atom stereocenters. The van der Waals surface area contributed by atoms with E-state index in [1.54, 1.807) is 0 Å². The number of ether oxygens (including phenoxy) is 2. The molecule has 0 aromatic heterocycles. The average Bonchev–Trinajstić information content (AvgIpc) is 2.72. The molecule has 1 saturated heterocycles. The Morgan fingerprint density at radius 1 is 1.11 bits per heavy atom. The van der Waals surface area contributed by atoms with Crippen molar-refractivity contribution in [3.8, 4) is 5.75 Å². The fourth-order valence-corrected chi connectivity index (χ4v) is 3.41. The van der Waals surface area contributed by atoms with E-state index in [2.05, 4.69) is 0 Å². The highest BCUT2D eigenvalue weighted by Crippen LogP contribution is 2.29. The van der Waals surface area contributed by atoms with Gasteiger partial charge in [-0.05, 0) is 29.7 Å². The number of nitrogens with zero attached hydrogens (tertiary/aromatic N) is 1. The molecule has 6 nitrogen and oxygen atoms in total. The smallest absolute Gasteiger partial charge is 0.137 e. The minimum Gasteiger partial charge on any atom is -0.530 e. The quantitative estimate of drug-likeness (QED) is 0.706. The number of rotatable bonds is 8. The predicted molar refractivity (Wildman–Crippen MR) is 103 cm³/mol. The topological polar surface area (TPSA) is 82.1 Å². The molecule has 1 aliphatic rings. The van der Waals surface area contributed by atoms with Gasteiger partial charge >= 0.3 is 0 Å². The van der Waals surface area contributed by atoms with E-state index < -0.39 is 12.2 Å². The molecule has 1 fully saturated rings. The van der Waals surface area contributed by atoms with E-state index in [0.717, 1.165) is 28.2 Å². The number of likely N-dealkylation sites (tertiary alicyclic amines) is 1. The van der Waals surface area contributed by atoms with E-state index in [9.17, 15) is 15.0 Å². The lowest BCUT2D eigenvalue weighted by molar-refractivity contribution is -0.268. The first-order valence-corrected chi connectivity index (χ1v) is 9.62. The molecular formula is C22H26NO5-. The first-order valence-electron chi connectivity index (χ1n) is 9.62. The van der Waals surface area contributed by atoms with E-state index in [1.807, 2.05) is 54.6 Å². The van der Waals surface area contributed by atoms with E-state index in [4.69, 9.17) is 9.47 Å². The molecule has 2 atom stereocenters. The molecule has 1 N–H and O–H groups in total. The summed E-state index contributed by atoms with van der Waals surface area (Å²) >= 11 is 0. The number of carbonyl (C=O) groups excluding carboxylic acids is 1. The summed E-state index contributed by atoms with van der Waals surface area (Å²) in [6.45, 7) is 2.28. The van der Waals surface area contributed by atoms with E-state index in [-0.39, 0.29) is 12.5 Å². The molecule has 1 aliphatic heterocycles. The zero-order chi connectivity index (χ0) is 19.8. The molecule has 1 heterocycles. The van der Waals surface area contributed by atoms with Crippen LogP contribution in [0.2, 0.25) is 0 Å². The summed E-state index contributed by atoms with van der Waals surface area (Å²) in [6.07, 6.45) is -0.572. The van der Waals surface area contributed by atoms with E-state index >= 15 is 0 Å². The summed E-state index contributed by atoms with van der Waals surface area (Å²) in [5.41, 5.74) is 2.15. The molecule has 0 radical (unpaired) electrons. The Morgan fingerprint density at radius 2 is 1.86 bits per heavy atom. The van der Waals surface area contributed by atoms with Gasteiger partial charge in [0.05, 0.1) is 25.9 Å². The van der Waals surface area contributed by atoms with Crippen LogP contribution in [-0.2, 0) is 11.3 Å². The third-order valence-corrected chi connectivity index (χ3v) is 4.96. The maximum absolute atomic E-state index is 10.9. The van der Waals surface area contributed by atoms with Crippen molar-refractivity contribution in [3.05, 3.63) is 65.7 Å². The van der Waals surface area contributed by atoms with Gasteiger partial charge in [-0.1, -0.05) is 42.5 Å². The average molecular weight is 384 g/mol. The van der Waals surface area contributed by atoms with E-state index in [1.165, 1.54) is 0 Å². The lowest BCUT2D eigenvalue weighted by Crippen LogP contribution is -2.50. The van der Waals surface area contributed by atoms with Crippen molar-refractivity contribution in [1.29, 1.82) is 0 Å². The molecule has 28 heavy (non-hydrogen) atoms. The summed E-state index contributed by atoms with van der Waals surface area (Å²) in [5.74, 6) is 0.699. The molecule has 0 spiro atoms. The van der Waals surface area contributed by atoms with Gasteiger partial charge in [0.2, 0.25) is 0 Å². The number of hydrogen-bond donors (Lipinski definition) is 1. The maximum atomic E-state index is 10.9. The Kier molecular flexibility index (Phi) is 7.28. The van der Waals surface area contributed by atoms with Gasteiger partial charge in [0.25, 0.3) is 0 Å². The summed E-state index contributed by atoms with van der Waals surface area (Å²) in [4.78, 5) is 12.1. The summed E-state index contributed by atoms with van der Waals surface area (Å²) in [5, 5.41) is 21.1. The number of amides is 1. The van der Waals surface area contributed by atoms with Crippen molar-refractivity contribution in [3.63, 3.8) is 0 Å². The van der Waals surface area contributed by atoms with Crippen molar-refractivity contribution < 1.29 is 24.5 Å². The lowest BCUT2D eigenvalue weighted by Gasteiger charge is -2.37. The van der Waals surface area contributed by atoms with Crippen LogP contribution in [0.3, 0.4) is 0 Å². The van der Waals surface area contributed by atoms with Crippen molar-refractivity contribution in [2.75, 3.05) is 26.3 Å². The minimum absolute atomic E-state index is 0.0731. The highest BCUT2D eigenvalue weighted by molar-refractivity contribution is 5.62. The summed E-state index contributed by atoms with van der Waals surface area (Å²) in [6, 6.07) is 17.7. The monoisotopic (exact) mass is 384 g/mol. The Hall–Kier alpha value is -2.57. The van der Waals surface area contributed by atoms with Gasteiger partial charge in [-0.3, -0.25) is 0 Å². The highest BCUT2D eigenvalue weighted by atomic mass is 16.5. The second-order valence-corrected chi connectivity index (χ2v) is 6.98. The maximum Gasteiger partial charge on any atom is 0.137 e. The van der Waals surface area contributed by atoms with Crippen molar-refractivity contribution in [2.45, 2.75) is 31.5 Å². The Bertz CT molecular complexity index is 734. The van der Waals surface area contributed by atoms with Gasteiger partial charge in [-0.25, -0.2) is 0 Å². The standard InChI is InChI=1S/C22H27NO5/c24-21-15-23(22(25)26)12-11-20(21)18-7-9-19(10-8-18)28-14-4-13-27-16-17-5-2-1-3-6-17/h1-3,5-10,20-21,24H,4,11-16H2,(H,25,26)/p-1. The third kappa shape index (κ3) is 5.71. The first kappa shape index (κ1) is 20.2. The second kappa shape index (κ2) is 10.1. The van der Waals surface area contributed by atoms with Gasteiger partial charge in [0, 0.05) is 25.4 Å². The zero-order valence-electron chi connectivity index (χ0n) is 15.8. The molecule has 0 bridgehead atoms. The van der Waals surface area contributed by atoms with Crippen LogP contribution in [0.15, 0.2) is 54.6 Å². The number of carbonyl (C=O) groups is 1. The SMILES string of the molecule is O=C([O-])N1CCC(c2ccc(OCCCOCc3ccccc3)cc2)C(O)C1. The molecule has 1 amide bonds. The molecule has 2 aromatic rings. The molecule has 0 aliphatic carbocycles. The number of carboxylic acid groups (broad SMARTS) is 1. The Balaban J connectivity index is 1.37. The van der Waals surface area contributed by atoms with Crippen LogP contribution in [0.4, 0.5) is 4.79 Å². The number of hydrogen-bond acceptors (Lipinski definition) is 5. The van der Waals surface area contributed by atoms with Crippen molar-refractivity contribution >= 4 is 6.09 Å². The van der Waals surface area contributed by atoms with Crippen LogP contribution >= 0.6 is 0 Å². The number of benzene rings is 2. The molecule has 6 heteroatoms. The Labute approximate surface area is 165 Å². The van der Waals surface area contributed by atoms with Crippen molar-refractivity contribution in [1.82, 2.24) is 4.90 Å². The highest BCUT2D eigenvalue weighted by Gasteiger charge is 2.28. The van der Waals surface area contributed by atoms with Crippen LogP contribution in [0.1, 0.15) is 29.9 Å². The number of piperidine rings is 1. The van der Waals surface area contributed by atoms with Crippen molar-refractivity contribution in [2.24, 2.45) is 0 Å². The first-order chi connectivity index (χ1) is 13.6. The number of β-amino-alcohol motifs (C(OH)–C–C–N with tert-alkyl or cyclic N) is 1. The normalized spacial score (nSPS) is 19.4. The third-order valence-electron chi connectivity index (χ3n) is 4.96. The van der Waals surface area contributed by atoms with Crippen LogP contribution in [0, 0.1) is 0 Å². The van der Waals surface area contributed by atoms with Gasteiger partial charge < -0.3 is 29.4 Å². The summed E-state index contributed by atoms with van der Waals surface area (Å²) < 4.78 is 11.4. The lowest BCUT2D eigenvalue weighted by atomic mass is 9.87. The molecular weight excluding hydrogens is 358 g/mol. The molecule has 2 aromatic carbocycles. The zero-order valence-corrected chi connectivity index (χ0v) is 15.8. The largest absolute Gasteiger partial charge is 0.530 e. The fourth-order valence-electron chi connectivity index (χ4n) is 3.41. The van der Waals surface area contributed by atoms with E-state index in [0.29, 0.717) is 32.8 Å². The fraction of sp³-hybridized carbons (Fsp3) is 0.409. The van der Waals surface area contributed by atoms with Crippen LogP contribution in [0.25, 0.3) is 0 Å². The number of aliphatic hydroxyl groups is 1. The molecule has 150 valence electrons. The molecule has 3 rings (SSSR count). The van der Waals surface area contributed by atoms with Gasteiger partial charge in [-0.15, -0.1) is 0 Å². The van der Waals surface area contributed by atoms with Gasteiger partial charge in [0.15, 0.2) is 0 Å². The van der Waals surface area contributed by atoms with Crippen LogP contribution < -0.4 is 9.84 Å². The summed E-state index contributed by atoms with van der Waals surface area (Å²) in [7, 11) is 0. The predicted octanol–water partition coefficient (Wildman–Crippen LogP) is 2.17. The van der Waals surface area contributed by atoms with Gasteiger partial charge in [-0.2, -0.15) is 0 Å². The Morgan fingerprint density at radius 3 is 2.54 bits per heavy atom. The molecule has 0 saturated carbocycles.